The van der Waals surface area contributed by atoms with E-state index in [4.69, 9.17) is 9.84 Å². The van der Waals surface area contributed by atoms with Gasteiger partial charge in [0, 0.05) is 25.6 Å². The summed E-state index contributed by atoms with van der Waals surface area (Å²) < 4.78 is 4.89. The predicted molar refractivity (Wildman–Crippen MR) is 67.1 cm³/mol. The molecule has 0 saturated carbocycles. The van der Waals surface area contributed by atoms with Crippen molar-refractivity contribution in [2.45, 2.75) is 6.42 Å². The first kappa shape index (κ1) is 13.7. The fraction of sp³-hybridized carbons (Fsp3) is 0.417. The molecule has 92 valence electrons. The molecule has 0 radical (unpaired) electrons. The Kier molecular flexibility index (Phi) is 6.33. The zero-order valence-corrected chi connectivity index (χ0v) is 10.5. The summed E-state index contributed by atoms with van der Waals surface area (Å²) in [6.45, 7) is 1.06. The van der Waals surface area contributed by atoms with Gasteiger partial charge in [0.2, 0.25) is 0 Å². The van der Waals surface area contributed by atoms with Crippen molar-refractivity contribution in [2.75, 3.05) is 26.9 Å². The maximum Gasteiger partial charge on any atom is 0.252 e. The highest BCUT2D eigenvalue weighted by Gasteiger charge is 2.06. The van der Waals surface area contributed by atoms with Gasteiger partial charge in [-0.05, 0) is 12.5 Å². The number of hydrogen-bond acceptors (Lipinski definition) is 4. The zero-order valence-electron chi connectivity index (χ0n) is 9.66. The van der Waals surface area contributed by atoms with Crippen LogP contribution in [0.3, 0.4) is 0 Å². The second-order valence-corrected chi connectivity index (χ2v) is 4.17. The van der Waals surface area contributed by atoms with Crippen LogP contribution in [0.2, 0.25) is 0 Å². The summed E-state index contributed by atoms with van der Waals surface area (Å²) in [5.74, 6) is 5.21. The molecule has 0 bridgehead atoms. The first-order valence-electron chi connectivity index (χ1n) is 5.23. The van der Waals surface area contributed by atoms with Crippen LogP contribution in [0.1, 0.15) is 21.7 Å². The van der Waals surface area contributed by atoms with Crippen molar-refractivity contribution >= 4 is 17.2 Å². The van der Waals surface area contributed by atoms with E-state index in [0.717, 1.165) is 11.3 Å². The second-order valence-electron chi connectivity index (χ2n) is 3.26. The van der Waals surface area contributed by atoms with Gasteiger partial charge in [-0.2, -0.15) is 0 Å². The highest BCUT2D eigenvalue weighted by Crippen LogP contribution is 2.13. The van der Waals surface area contributed by atoms with Crippen LogP contribution in [0.25, 0.3) is 0 Å². The first-order chi connectivity index (χ1) is 8.27. The van der Waals surface area contributed by atoms with Gasteiger partial charge in [-0.25, -0.2) is 0 Å². The summed E-state index contributed by atoms with van der Waals surface area (Å²) in [6, 6.07) is 1.72. The molecular weight excluding hydrogens is 238 g/mol. The second kappa shape index (κ2) is 7.85. The molecule has 0 atom stereocenters. The van der Waals surface area contributed by atoms with Crippen molar-refractivity contribution in [1.29, 1.82) is 0 Å². The van der Waals surface area contributed by atoms with Gasteiger partial charge in [-0.1, -0.05) is 11.8 Å². The standard InChI is InChI=1S/C12H15NO3S/c1-16-7-3-5-13-12(15)10-8-11(17-9-10)4-2-6-14/h8-9,14H,3,5-7H2,1H3,(H,13,15). The number of methoxy groups -OCH3 is 1. The van der Waals surface area contributed by atoms with Gasteiger partial charge in [0.25, 0.3) is 5.91 Å². The molecule has 0 fully saturated rings. The Bertz CT molecular complexity index is 417. The lowest BCUT2D eigenvalue weighted by atomic mass is 10.3. The molecule has 0 saturated heterocycles. The third-order valence-corrected chi connectivity index (χ3v) is 2.81. The van der Waals surface area contributed by atoms with E-state index in [1.165, 1.54) is 11.3 Å². The van der Waals surface area contributed by atoms with Gasteiger partial charge < -0.3 is 15.2 Å². The largest absolute Gasteiger partial charge is 0.385 e. The van der Waals surface area contributed by atoms with Crippen LogP contribution in [0.15, 0.2) is 11.4 Å². The Morgan fingerprint density at radius 3 is 3.18 bits per heavy atom. The fourth-order valence-electron chi connectivity index (χ4n) is 1.17. The molecule has 0 aliphatic rings. The third-order valence-electron chi connectivity index (χ3n) is 1.96. The van der Waals surface area contributed by atoms with E-state index in [0.29, 0.717) is 18.7 Å². The van der Waals surface area contributed by atoms with Crippen LogP contribution < -0.4 is 5.32 Å². The fourth-order valence-corrected chi connectivity index (χ4v) is 1.92. The van der Waals surface area contributed by atoms with E-state index in [9.17, 15) is 4.79 Å². The highest BCUT2D eigenvalue weighted by molar-refractivity contribution is 7.10. The summed E-state index contributed by atoms with van der Waals surface area (Å²) >= 11 is 1.39. The zero-order chi connectivity index (χ0) is 12.5. The Morgan fingerprint density at radius 1 is 1.65 bits per heavy atom. The van der Waals surface area contributed by atoms with Crippen molar-refractivity contribution in [2.24, 2.45) is 0 Å². The SMILES string of the molecule is COCCCNC(=O)c1csc(C#CCO)c1. The average molecular weight is 253 g/mol. The van der Waals surface area contributed by atoms with Gasteiger partial charge in [-0.3, -0.25) is 4.79 Å². The Labute approximate surface area is 105 Å². The highest BCUT2D eigenvalue weighted by atomic mass is 32.1. The number of carbonyl (C=O) groups excluding carboxylic acids is 1. The number of amides is 1. The number of ether oxygens (including phenoxy) is 1. The van der Waals surface area contributed by atoms with E-state index in [1.807, 2.05) is 0 Å². The molecule has 4 nitrogen and oxygen atoms in total. The van der Waals surface area contributed by atoms with Gasteiger partial charge in [0.1, 0.15) is 6.61 Å². The number of rotatable bonds is 5. The summed E-state index contributed by atoms with van der Waals surface area (Å²) in [5.41, 5.74) is 0.606. The molecular formula is C12H15NO3S. The number of aliphatic hydroxyl groups excluding tert-OH is 1. The van der Waals surface area contributed by atoms with Crippen molar-refractivity contribution in [1.82, 2.24) is 5.32 Å². The molecule has 0 aliphatic heterocycles. The minimum Gasteiger partial charge on any atom is -0.385 e. The van der Waals surface area contributed by atoms with Crippen LogP contribution in [0.4, 0.5) is 0 Å². The molecule has 0 aromatic carbocycles. The van der Waals surface area contributed by atoms with Crippen molar-refractivity contribution in [3.63, 3.8) is 0 Å². The van der Waals surface area contributed by atoms with Crippen molar-refractivity contribution < 1.29 is 14.6 Å². The molecule has 1 amide bonds. The smallest absolute Gasteiger partial charge is 0.252 e. The molecule has 0 aliphatic carbocycles. The maximum absolute atomic E-state index is 11.7. The number of carbonyl (C=O) groups is 1. The van der Waals surface area contributed by atoms with E-state index in [1.54, 1.807) is 18.6 Å². The molecule has 1 aromatic rings. The van der Waals surface area contributed by atoms with Gasteiger partial charge in [0.05, 0.1) is 10.4 Å². The lowest BCUT2D eigenvalue weighted by molar-refractivity contribution is 0.0949. The lowest BCUT2D eigenvalue weighted by Gasteiger charge is -2.02. The molecule has 5 heteroatoms. The van der Waals surface area contributed by atoms with Crippen molar-refractivity contribution in [3.8, 4) is 11.8 Å². The van der Waals surface area contributed by atoms with E-state index in [-0.39, 0.29) is 12.5 Å². The number of nitrogens with one attached hydrogen (secondary N) is 1. The number of thiophene rings is 1. The van der Waals surface area contributed by atoms with Gasteiger partial charge >= 0.3 is 0 Å². The topological polar surface area (TPSA) is 58.6 Å². The quantitative estimate of drug-likeness (QED) is 0.604. The minimum atomic E-state index is -0.170. The number of hydrogen-bond donors (Lipinski definition) is 2. The molecule has 0 unspecified atom stereocenters. The normalized spacial score (nSPS) is 9.53. The van der Waals surface area contributed by atoms with Gasteiger partial charge in [-0.15, -0.1) is 11.3 Å². The molecule has 17 heavy (non-hydrogen) atoms. The molecule has 1 heterocycles. The molecule has 0 spiro atoms. The van der Waals surface area contributed by atoms with Gasteiger partial charge in [0.15, 0.2) is 0 Å². The Hall–Kier alpha value is -1.35. The Morgan fingerprint density at radius 2 is 2.47 bits per heavy atom. The third kappa shape index (κ3) is 5.00. The van der Waals surface area contributed by atoms with Crippen molar-refractivity contribution in [3.05, 3.63) is 21.9 Å². The summed E-state index contributed by atoms with van der Waals surface area (Å²) in [6.07, 6.45) is 0.795. The van der Waals surface area contributed by atoms with Crippen LogP contribution in [-0.2, 0) is 4.74 Å². The molecule has 1 aromatic heterocycles. The minimum absolute atomic E-state index is 0.102. The molecule has 2 N–H and O–H groups in total. The monoisotopic (exact) mass is 253 g/mol. The van der Waals surface area contributed by atoms with Crippen LogP contribution >= 0.6 is 11.3 Å². The Balaban J connectivity index is 2.43. The van der Waals surface area contributed by atoms with E-state index >= 15 is 0 Å². The van der Waals surface area contributed by atoms with Crippen LogP contribution in [0, 0.1) is 11.8 Å². The summed E-state index contributed by atoms with van der Waals surface area (Å²) in [7, 11) is 1.63. The predicted octanol–water partition coefficient (Wildman–Crippen LogP) is 0.858. The van der Waals surface area contributed by atoms with Crippen LogP contribution in [0.5, 0.6) is 0 Å². The maximum atomic E-state index is 11.7. The summed E-state index contributed by atoms with van der Waals surface area (Å²) in [5, 5.41) is 13.1. The average Bonchev–Trinajstić information content (AvgIpc) is 2.80. The lowest BCUT2D eigenvalue weighted by Crippen LogP contribution is -2.24. The first-order valence-corrected chi connectivity index (χ1v) is 6.11. The summed E-state index contributed by atoms with van der Waals surface area (Å²) in [4.78, 5) is 12.4. The number of aliphatic hydroxyl groups is 1. The van der Waals surface area contributed by atoms with E-state index in [2.05, 4.69) is 17.2 Å². The van der Waals surface area contributed by atoms with Crippen LogP contribution in [-0.4, -0.2) is 37.9 Å². The van der Waals surface area contributed by atoms with E-state index < -0.39 is 0 Å². The molecule has 1 rings (SSSR count).